The van der Waals surface area contributed by atoms with Gasteiger partial charge in [-0.25, -0.2) is 14.3 Å². The number of ketones is 1. The summed E-state index contributed by atoms with van der Waals surface area (Å²) in [7, 11) is 1.29. The van der Waals surface area contributed by atoms with Gasteiger partial charge in [0.15, 0.2) is 11.4 Å². The number of esters is 1. The van der Waals surface area contributed by atoms with E-state index in [9.17, 15) is 9.59 Å². The van der Waals surface area contributed by atoms with E-state index in [1.807, 2.05) is 0 Å². The molecular weight excluding hydrogens is 210 g/mol. The quantitative estimate of drug-likeness (QED) is 0.549. The summed E-state index contributed by atoms with van der Waals surface area (Å²) in [5.41, 5.74) is 0.935. The number of rotatable bonds is 2. The molecule has 0 aliphatic carbocycles. The Morgan fingerprint density at radius 1 is 1.44 bits per heavy atom. The molecule has 2 rings (SSSR count). The van der Waals surface area contributed by atoms with Crippen LogP contribution in [0.1, 0.15) is 27.8 Å². The van der Waals surface area contributed by atoms with Gasteiger partial charge in [0.1, 0.15) is 11.3 Å². The Kier molecular flexibility index (Phi) is 2.40. The van der Waals surface area contributed by atoms with Crippen LogP contribution in [-0.4, -0.2) is 33.5 Å². The highest BCUT2D eigenvalue weighted by atomic mass is 16.5. The minimum absolute atomic E-state index is 0.165. The normalized spacial score (nSPS) is 10.4. The highest BCUT2D eigenvalue weighted by molar-refractivity contribution is 5.98. The number of hydrogen-bond acceptors (Lipinski definition) is 5. The van der Waals surface area contributed by atoms with Gasteiger partial charge < -0.3 is 4.74 Å². The lowest BCUT2D eigenvalue weighted by Gasteiger charge is -2.01. The maximum Gasteiger partial charge on any atom is 0.341 e. The van der Waals surface area contributed by atoms with Gasteiger partial charge in [-0.3, -0.25) is 4.79 Å². The van der Waals surface area contributed by atoms with Crippen LogP contribution < -0.4 is 0 Å². The molecule has 0 radical (unpaired) electrons. The summed E-state index contributed by atoms with van der Waals surface area (Å²) in [5, 5.41) is 3.97. The SMILES string of the molecule is COC(=O)c1ccnn2c(C(C)=O)cnc12. The van der Waals surface area contributed by atoms with Crippen molar-refractivity contribution in [3.63, 3.8) is 0 Å². The topological polar surface area (TPSA) is 73.6 Å². The molecule has 2 aromatic heterocycles. The van der Waals surface area contributed by atoms with Crippen molar-refractivity contribution in [1.82, 2.24) is 14.6 Å². The van der Waals surface area contributed by atoms with Gasteiger partial charge in [-0.1, -0.05) is 0 Å². The number of hydrogen-bond donors (Lipinski definition) is 0. The summed E-state index contributed by atoms with van der Waals surface area (Å²) in [4.78, 5) is 26.7. The van der Waals surface area contributed by atoms with Crippen LogP contribution >= 0.6 is 0 Å². The fourth-order valence-corrected chi connectivity index (χ4v) is 1.40. The number of ether oxygens (including phenoxy) is 1. The molecule has 2 heterocycles. The van der Waals surface area contributed by atoms with Gasteiger partial charge in [0.05, 0.1) is 13.3 Å². The third-order valence-electron chi connectivity index (χ3n) is 2.17. The predicted octanol–water partition coefficient (Wildman–Crippen LogP) is 0.719. The van der Waals surface area contributed by atoms with Gasteiger partial charge in [-0.05, 0) is 6.07 Å². The van der Waals surface area contributed by atoms with Crippen molar-refractivity contribution >= 4 is 17.4 Å². The van der Waals surface area contributed by atoms with Gasteiger partial charge in [-0.15, -0.1) is 0 Å². The minimum Gasteiger partial charge on any atom is -0.465 e. The van der Waals surface area contributed by atoms with Crippen LogP contribution in [0.4, 0.5) is 0 Å². The van der Waals surface area contributed by atoms with Crippen molar-refractivity contribution in [2.24, 2.45) is 0 Å². The number of fused-ring (bicyclic) bond motifs is 1. The maximum atomic E-state index is 11.4. The lowest BCUT2D eigenvalue weighted by atomic mass is 10.3. The fourth-order valence-electron chi connectivity index (χ4n) is 1.40. The van der Waals surface area contributed by atoms with Crippen LogP contribution in [0.3, 0.4) is 0 Å². The minimum atomic E-state index is -0.506. The van der Waals surface area contributed by atoms with E-state index in [4.69, 9.17) is 0 Å². The average Bonchev–Trinajstić information content (AvgIpc) is 2.71. The van der Waals surface area contributed by atoms with Gasteiger partial charge in [0, 0.05) is 13.1 Å². The van der Waals surface area contributed by atoms with E-state index in [0.29, 0.717) is 11.3 Å². The summed E-state index contributed by atoms with van der Waals surface area (Å²) in [6.07, 6.45) is 2.81. The zero-order chi connectivity index (χ0) is 11.7. The van der Waals surface area contributed by atoms with Crippen LogP contribution in [0.5, 0.6) is 0 Å². The van der Waals surface area contributed by atoms with E-state index in [0.717, 1.165) is 0 Å². The van der Waals surface area contributed by atoms with E-state index in [1.54, 1.807) is 0 Å². The van der Waals surface area contributed by atoms with Gasteiger partial charge in [0.25, 0.3) is 0 Å². The first-order valence-electron chi connectivity index (χ1n) is 4.57. The lowest BCUT2D eigenvalue weighted by molar-refractivity contribution is 0.0601. The first-order chi connectivity index (χ1) is 7.65. The summed E-state index contributed by atoms with van der Waals surface area (Å²) in [5.74, 6) is -0.671. The molecule has 0 unspecified atom stereocenters. The maximum absolute atomic E-state index is 11.4. The molecule has 0 saturated carbocycles. The Morgan fingerprint density at radius 2 is 2.19 bits per heavy atom. The summed E-state index contributed by atoms with van der Waals surface area (Å²) in [6.45, 7) is 1.41. The van der Waals surface area contributed by atoms with Crippen molar-refractivity contribution in [2.75, 3.05) is 7.11 Å². The van der Waals surface area contributed by atoms with Crippen LogP contribution in [0.15, 0.2) is 18.5 Å². The molecule has 0 aliphatic heterocycles. The molecule has 0 N–H and O–H groups in total. The van der Waals surface area contributed by atoms with Crippen molar-refractivity contribution in [3.8, 4) is 0 Å². The van der Waals surface area contributed by atoms with Crippen molar-refractivity contribution in [1.29, 1.82) is 0 Å². The Morgan fingerprint density at radius 3 is 2.81 bits per heavy atom. The largest absolute Gasteiger partial charge is 0.465 e. The molecule has 0 saturated heterocycles. The Labute approximate surface area is 90.9 Å². The second kappa shape index (κ2) is 3.73. The monoisotopic (exact) mass is 219 g/mol. The third-order valence-corrected chi connectivity index (χ3v) is 2.17. The highest BCUT2D eigenvalue weighted by Gasteiger charge is 2.16. The zero-order valence-electron chi connectivity index (χ0n) is 8.80. The van der Waals surface area contributed by atoms with Gasteiger partial charge in [0.2, 0.25) is 0 Å². The van der Waals surface area contributed by atoms with Crippen LogP contribution in [-0.2, 0) is 4.74 Å². The molecule has 6 heteroatoms. The second-order valence-corrected chi connectivity index (χ2v) is 3.17. The van der Waals surface area contributed by atoms with Gasteiger partial charge in [-0.2, -0.15) is 5.10 Å². The predicted molar refractivity (Wildman–Crippen MR) is 54.3 cm³/mol. The van der Waals surface area contributed by atoms with E-state index in [2.05, 4.69) is 14.8 Å². The standard InChI is InChI=1S/C10H9N3O3/c1-6(14)8-5-11-9-7(10(15)16-2)3-4-12-13(8)9/h3-5H,1-2H3. The number of Topliss-reactive ketones (excluding diaryl/α,β-unsaturated/α-hetero) is 1. The molecule has 16 heavy (non-hydrogen) atoms. The first-order valence-corrected chi connectivity index (χ1v) is 4.57. The third kappa shape index (κ3) is 1.44. The number of nitrogens with zero attached hydrogens (tertiary/aromatic N) is 3. The Balaban J connectivity index is 2.71. The fraction of sp³-hybridized carbons (Fsp3) is 0.200. The van der Waals surface area contributed by atoms with E-state index >= 15 is 0 Å². The molecule has 0 atom stereocenters. The van der Waals surface area contributed by atoms with Crippen molar-refractivity contribution < 1.29 is 14.3 Å². The van der Waals surface area contributed by atoms with Crippen LogP contribution in [0, 0.1) is 0 Å². The first kappa shape index (κ1) is 10.3. The smallest absolute Gasteiger partial charge is 0.341 e. The summed E-state index contributed by atoms with van der Waals surface area (Å²) < 4.78 is 5.94. The van der Waals surface area contributed by atoms with E-state index in [1.165, 1.54) is 37.0 Å². The highest BCUT2D eigenvalue weighted by Crippen LogP contribution is 2.11. The molecule has 0 aliphatic rings. The molecule has 0 fully saturated rings. The van der Waals surface area contributed by atoms with E-state index < -0.39 is 5.97 Å². The number of imidazole rings is 1. The van der Waals surface area contributed by atoms with Crippen LogP contribution in [0.25, 0.3) is 5.65 Å². The molecule has 0 amide bonds. The number of aromatic nitrogens is 3. The average molecular weight is 219 g/mol. The molecule has 0 spiro atoms. The molecule has 0 bridgehead atoms. The second-order valence-electron chi connectivity index (χ2n) is 3.17. The Hall–Kier alpha value is -2.24. The van der Waals surface area contributed by atoms with Crippen molar-refractivity contribution in [3.05, 3.63) is 29.7 Å². The van der Waals surface area contributed by atoms with E-state index in [-0.39, 0.29) is 11.3 Å². The Bertz CT molecular complexity index is 574. The number of carbonyl (C=O) groups excluding carboxylic acids is 2. The van der Waals surface area contributed by atoms with Crippen LogP contribution in [0.2, 0.25) is 0 Å². The summed E-state index contributed by atoms with van der Waals surface area (Å²) >= 11 is 0. The molecule has 2 aromatic rings. The van der Waals surface area contributed by atoms with Gasteiger partial charge >= 0.3 is 5.97 Å². The lowest BCUT2D eigenvalue weighted by Crippen LogP contribution is -2.08. The molecule has 6 nitrogen and oxygen atoms in total. The molecule has 0 aromatic carbocycles. The number of carbonyl (C=O) groups is 2. The van der Waals surface area contributed by atoms with Crippen molar-refractivity contribution in [2.45, 2.75) is 6.92 Å². The molecule has 82 valence electrons. The molecular formula is C10H9N3O3. The summed E-state index contributed by atoms with van der Waals surface area (Å²) in [6, 6.07) is 1.50. The number of methoxy groups -OCH3 is 1. The zero-order valence-corrected chi connectivity index (χ0v) is 8.80.